The van der Waals surface area contributed by atoms with Crippen LogP contribution in [-0.2, 0) is 0 Å². The normalized spacial score (nSPS) is 19.8. The molecule has 13 heavy (non-hydrogen) atoms. The molecule has 2 nitrogen and oxygen atoms in total. The van der Waals surface area contributed by atoms with E-state index in [0.717, 1.165) is 0 Å². The third-order valence-electron chi connectivity index (χ3n) is 2.18. The maximum Gasteiger partial charge on any atom is 0.201 e. The fourth-order valence-corrected chi connectivity index (χ4v) is 1.45. The Morgan fingerprint density at radius 1 is 1.46 bits per heavy atom. The van der Waals surface area contributed by atoms with Crippen LogP contribution in [0.2, 0.25) is 0 Å². The van der Waals surface area contributed by atoms with Crippen LogP contribution in [0.5, 0.6) is 5.75 Å². The fourth-order valence-electron chi connectivity index (χ4n) is 1.45. The second kappa shape index (κ2) is 2.67. The molecule has 1 aromatic rings. The maximum atomic E-state index is 13.2. The van der Waals surface area contributed by atoms with Gasteiger partial charge in [0.15, 0.2) is 11.6 Å². The predicted octanol–water partition coefficient (Wildman–Crippen LogP) is 1.67. The summed E-state index contributed by atoms with van der Waals surface area (Å²) < 4.78 is 31.1. The van der Waals surface area contributed by atoms with Crippen molar-refractivity contribution in [3.8, 4) is 5.75 Å². The second-order valence-corrected chi connectivity index (χ2v) is 3.16. The number of ether oxygens (including phenoxy) is 1. The Balaban J connectivity index is 2.67. The molecule has 1 aromatic carbocycles. The molecule has 0 unspecified atom stereocenters. The molecule has 0 fully saturated rings. The van der Waals surface area contributed by atoms with Crippen molar-refractivity contribution in [2.45, 2.75) is 13.0 Å². The molecule has 2 rings (SSSR count). The molecule has 0 spiro atoms. The lowest BCUT2D eigenvalue weighted by Crippen LogP contribution is -2.10. The molecule has 1 aliphatic heterocycles. The molecule has 0 saturated heterocycles. The molecule has 0 aromatic heterocycles. The highest BCUT2D eigenvalue weighted by Gasteiger charge is 2.27. The van der Waals surface area contributed by atoms with Gasteiger partial charge in [0, 0.05) is 5.56 Å². The summed E-state index contributed by atoms with van der Waals surface area (Å²) >= 11 is 0. The summed E-state index contributed by atoms with van der Waals surface area (Å²) in [6.07, 6.45) is 0. The highest BCUT2D eigenvalue weighted by Crippen LogP contribution is 2.35. The van der Waals surface area contributed by atoms with E-state index in [1.165, 1.54) is 13.0 Å². The first-order valence-corrected chi connectivity index (χ1v) is 3.98. The summed E-state index contributed by atoms with van der Waals surface area (Å²) in [7, 11) is 0. The fraction of sp³-hybridized carbons (Fsp3) is 0.333. The zero-order valence-electron chi connectivity index (χ0n) is 7.10. The summed E-state index contributed by atoms with van der Waals surface area (Å²) in [4.78, 5) is 0. The smallest absolute Gasteiger partial charge is 0.201 e. The van der Waals surface area contributed by atoms with E-state index in [2.05, 4.69) is 0 Å². The molecule has 1 heterocycles. The molecular formula is C9H9F2NO. The number of rotatable bonds is 0. The largest absolute Gasteiger partial charge is 0.488 e. The Hall–Kier alpha value is -1.16. The molecule has 2 N–H and O–H groups in total. The topological polar surface area (TPSA) is 35.2 Å². The molecule has 0 radical (unpaired) electrons. The van der Waals surface area contributed by atoms with Gasteiger partial charge >= 0.3 is 0 Å². The number of halogens is 2. The lowest BCUT2D eigenvalue weighted by molar-refractivity contribution is 0.314. The third-order valence-corrected chi connectivity index (χ3v) is 2.18. The van der Waals surface area contributed by atoms with E-state index in [1.807, 2.05) is 0 Å². The van der Waals surface area contributed by atoms with Crippen molar-refractivity contribution < 1.29 is 13.5 Å². The number of fused-ring (bicyclic) bond motifs is 1. The first-order chi connectivity index (χ1) is 6.11. The lowest BCUT2D eigenvalue weighted by Gasteiger charge is -2.04. The van der Waals surface area contributed by atoms with Gasteiger partial charge in [-0.25, -0.2) is 4.39 Å². The van der Waals surface area contributed by atoms with Gasteiger partial charge in [-0.05, 0) is 18.6 Å². The molecule has 0 aliphatic carbocycles. The van der Waals surface area contributed by atoms with Crippen molar-refractivity contribution in [1.82, 2.24) is 0 Å². The first-order valence-electron chi connectivity index (χ1n) is 3.98. The highest BCUT2D eigenvalue weighted by molar-refractivity contribution is 5.43. The van der Waals surface area contributed by atoms with Crippen molar-refractivity contribution in [3.05, 3.63) is 28.8 Å². The van der Waals surface area contributed by atoms with Crippen LogP contribution in [0.1, 0.15) is 17.2 Å². The minimum Gasteiger partial charge on any atom is -0.488 e. The van der Waals surface area contributed by atoms with Gasteiger partial charge in [0.25, 0.3) is 0 Å². The van der Waals surface area contributed by atoms with Crippen LogP contribution in [0.3, 0.4) is 0 Å². The summed E-state index contributed by atoms with van der Waals surface area (Å²) in [6, 6.07) is 1.19. The average molecular weight is 185 g/mol. The molecule has 1 aliphatic rings. The van der Waals surface area contributed by atoms with E-state index in [1.54, 1.807) is 0 Å². The quantitative estimate of drug-likeness (QED) is 0.667. The first kappa shape index (κ1) is 8.44. The monoisotopic (exact) mass is 185 g/mol. The summed E-state index contributed by atoms with van der Waals surface area (Å²) in [5.41, 5.74) is 6.43. The average Bonchev–Trinajstić information content (AvgIpc) is 2.45. The van der Waals surface area contributed by atoms with Crippen LogP contribution in [0.25, 0.3) is 0 Å². The van der Waals surface area contributed by atoms with E-state index in [4.69, 9.17) is 10.5 Å². The Morgan fingerprint density at radius 2 is 2.15 bits per heavy atom. The number of hydrogen-bond donors (Lipinski definition) is 1. The molecular weight excluding hydrogens is 176 g/mol. The number of nitrogens with two attached hydrogens (primary N) is 1. The highest BCUT2D eigenvalue weighted by atomic mass is 19.2. The molecule has 0 saturated carbocycles. The Morgan fingerprint density at radius 3 is 2.85 bits per heavy atom. The number of aryl methyl sites for hydroxylation is 1. The van der Waals surface area contributed by atoms with Gasteiger partial charge in [-0.3, -0.25) is 0 Å². The Kier molecular flexibility index (Phi) is 1.73. The number of hydrogen-bond acceptors (Lipinski definition) is 2. The van der Waals surface area contributed by atoms with Crippen molar-refractivity contribution >= 4 is 0 Å². The van der Waals surface area contributed by atoms with Crippen molar-refractivity contribution in [3.63, 3.8) is 0 Å². The van der Waals surface area contributed by atoms with Crippen molar-refractivity contribution in [2.75, 3.05) is 6.61 Å². The minimum atomic E-state index is -0.928. The third kappa shape index (κ3) is 1.09. The second-order valence-electron chi connectivity index (χ2n) is 3.16. The molecule has 4 heteroatoms. The van der Waals surface area contributed by atoms with E-state index in [9.17, 15) is 8.78 Å². The van der Waals surface area contributed by atoms with Crippen LogP contribution in [0.15, 0.2) is 6.07 Å². The van der Waals surface area contributed by atoms with Crippen molar-refractivity contribution in [2.24, 2.45) is 5.73 Å². The zero-order valence-corrected chi connectivity index (χ0v) is 7.10. The van der Waals surface area contributed by atoms with E-state index >= 15 is 0 Å². The van der Waals surface area contributed by atoms with Gasteiger partial charge in [0.1, 0.15) is 6.61 Å². The maximum absolute atomic E-state index is 13.2. The van der Waals surface area contributed by atoms with Gasteiger partial charge in [-0.1, -0.05) is 0 Å². The van der Waals surface area contributed by atoms with Gasteiger partial charge in [0.05, 0.1) is 6.04 Å². The van der Waals surface area contributed by atoms with Gasteiger partial charge in [-0.15, -0.1) is 0 Å². The van der Waals surface area contributed by atoms with Crippen LogP contribution in [0, 0.1) is 18.6 Å². The SMILES string of the molecule is Cc1cc2c(c(F)c1F)OC[C@@H]2N. The summed E-state index contributed by atoms with van der Waals surface area (Å²) in [5, 5.41) is 0. The van der Waals surface area contributed by atoms with E-state index < -0.39 is 11.6 Å². The van der Waals surface area contributed by atoms with E-state index in [0.29, 0.717) is 5.56 Å². The van der Waals surface area contributed by atoms with Gasteiger partial charge in [0.2, 0.25) is 5.82 Å². The molecule has 70 valence electrons. The Labute approximate surface area is 74.3 Å². The summed E-state index contributed by atoms with van der Waals surface area (Å²) in [6.45, 7) is 1.72. The standard InChI is InChI=1S/C9H9F2NO/c1-4-2-5-6(12)3-13-9(5)8(11)7(4)10/h2,6H,3,12H2,1H3/t6-/m0/s1. The van der Waals surface area contributed by atoms with Crippen molar-refractivity contribution in [1.29, 1.82) is 0 Å². The molecule has 0 bridgehead atoms. The van der Waals surface area contributed by atoms with Crippen LogP contribution in [-0.4, -0.2) is 6.61 Å². The van der Waals surface area contributed by atoms with Gasteiger partial charge in [-0.2, -0.15) is 4.39 Å². The zero-order chi connectivity index (χ0) is 9.59. The molecule has 0 amide bonds. The number of benzene rings is 1. The minimum absolute atomic E-state index is 0.0319. The molecule has 1 atom stereocenters. The predicted molar refractivity (Wildman–Crippen MR) is 43.5 cm³/mol. The van der Waals surface area contributed by atoms with Crippen LogP contribution >= 0.6 is 0 Å². The summed E-state index contributed by atoms with van der Waals surface area (Å²) in [5.74, 6) is -1.81. The van der Waals surface area contributed by atoms with Crippen LogP contribution < -0.4 is 10.5 Å². The van der Waals surface area contributed by atoms with Crippen LogP contribution in [0.4, 0.5) is 8.78 Å². The van der Waals surface area contributed by atoms with Gasteiger partial charge < -0.3 is 10.5 Å². The lowest BCUT2D eigenvalue weighted by atomic mass is 10.1. The Bertz CT molecular complexity index is 365. The van der Waals surface area contributed by atoms with E-state index in [-0.39, 0.29) is 24.0 Å².